The average Bonchev–Trinajstić information content (AvgIpc) is 3.16. The van der Waals surface area contributed by atoms with Crippen LogP contribution < -0.4 is 5.32 Å². The van der Waals surface area contributed by atoms with Crippen LogP contribution in [0.2, 0.25) is 0 Å². The van der Waals surface area contributed by atoms with Gasteiger partial charge in [-0.25, -0.2) is 9.78 Å². The second-order valence-corrected chi connectivity index (χ2v) is 8.08. The molecule has 130 valence electrons. The minimum atomic E-state index is -0.0678. The second-order valence-electron chi connectivity index (χ2n) is 5.85. The van der Waals surface area contributed by atoms with E-state index in [1.54, 1.807) is 34.3 Å². The number of urea groups is 1. The Labute approximate surface area is 149 Å². The molecule has 0 spiro atoms. The van der Waals surface area contributed by atoms with Crippen molar-refractivity contribution in [2.75, 3.05) is 19.3 Å². The number of fused-ring (bicyclic) bond motifs is 1. The molecule has 0 atom stereocenters. The van der Waals surface area contributed by atoms with Crippen molar-refractivity contribution in [2.24, 2.45) is 7.05 Å². The van der Waals surface area contributed by atoms with Crippen molar-refractivity contribution in [3.63, 3.8) is 0 Å². The van der Waals surface area contributed by atoms with E-state index in [4.69, 9.17) is 0 Å². The molecule has 1 aliphatic rings. The van der Waals surface area contributed by atoms with Crippen molar-refractivity contribution in [1.82, 2.24) is 30.0 Å². The molecule has 2 aromatic heterocycles. The average molecular weight is 367 g/mol. The zero-order valence-electron chi connectivity index (χ0n) is 14.0. The highest BCUT2D eigenvalue weighted by atomic mass is 32.2. The van der Waals surface area contributed by atoms with Gasteiger partial charge in [-0.3, -0.25) is 0 Å². The van der Waals surface area contributed by atoms with Crippen LogP contribution in [-0.2, 0) is 26.4 Å². The number of nitrogens with one attached hydrogen (secondary N) is 1. The van der Waals surface area contributed by atoms with E-state index in [9.17, 15) is 4.79 Å². The van der Waals surface area contributed by atoms with Gasteiger partial charge in [0.25, 0.3) is 0 Å². The van der Waals surface area contributed by atoms with Crippen LogP contribution in [0.4, 0.5) is 4.79 Å². The molecule has 9 heteroatoms. The molecule has 3 rings (SSSR count). The molecule has 0 aliphatic heterocycles. The zero-order chi connectivity index (χ0) is 16.9. The Hall–Kier alpha value is -1.61. The van der Waals surface area contributed by atoms with Gasteiger partial charge in [0.2, 0.25) is 0 Å². The van der Waals surface area contributed by atoms with Gasteiger partial charge in [0.05, 0.1) is 12.2 Å². The Kier molecular flexibility index (Phi) is 5.72. The lowest BCUT2D eigenvalue weighted by molar-refractivity contribution is 0.207. The molecule has 2 amide bonds. The maximum absolute atomic E-state index is 12.2. The molecule has 7 nitrogen and oxygen atoms in total. The minimum absolute atomic E-state index is 0.0678. The summed E-state index contributed by atoms with van der Waals surface area (Å²) in [7, 11) is 3.72. The smallest absolute Gasteiger partial charge is 0.317 e. The highest BCUT2D eigenvalue weighted by Crippen LogP contribution is 2.27. The summed E-state index contributed by atoms with van der Waals surface area (Å²) in [5, 5.41) is 12.6. The van der Waals surface area contributed by atoms with Gasteiger partial charge in [-0.15, -0.1) is 21.5 Å². The fourth-order valence-electron chi connectivity index (χ4n) is 2.59. The number of aromatic nitrogens is 4. The minimum Gasteiger partial charge on any atom is -0.337 e. The number of nitrogens with zero attached hydrogens (tertiary/aromatic N) is 5. The summed E-state index contributed by atoms with van der Waals surface area (Å²) in [4.78, 5) is 20.0. The lowest BCUT2D eigenvalue weighted by Gasteiger charge is -2.16. The Bertz CT molecular complexity index is 674. The Morgan fingerprint density at radius 1 is 1.46 bits per heavy atom. The lowest BCUT2D eigenvalue weighted by atomic mass is 10.0. The molecule has 0 bridgehead atoms. The van der Waals surface area contributed by atoms with Gasteiger partial charge in [0.15, 0.2) is 5.16 Å². The number of hydrogen-bond donors (Lipinski definition) is 1. The SMILES string of the molecule is CN(Cc1nc2c(s1)CCCC2)C(=O)NCCSc1nncn1C. The summed E-state index contributed by atoms with van der Waals surface area (Å²) >= 11 is 3.33. The van der Waals surface area contributed by atoms with E-state index in [-0.39, 0.29) is 6.03 Å². The van der Waals surface area contributed by atoms with Crippen LogP contribution in [0, 0.1) is 0 Å². The molecule has 0 unspecified atom stereocenters. The Morgan fingerprint density at radius 3 is 3.04 bits per heavy atom. The molecule has 0 saturated carbocycles. The molecule has 2 aromatic rings. The third-order valence-electron chi connectivity index (χ3n) is 3.89. The molecule has 0 radical (unpaired) electrons. The summed E-state index contributed by atoms with van der Waals surface area (Å²) in [5.74, 6) is 0.762. The van der Waals surface area contributed by atoms with Gasteiger partial charge in [-0.2, -0.15) is 0 Å². The number of thioether (sulfide) groups is 1. The molecule has 0 saturated heterocycles. The summed E-state index contributed by atoms with van der Waals surface area (Å²) in [6, 6.07) is -0.0678. The van der Waals surface area contributed by atoms with Crippen LogP contribution in [-0.4, -0.2) is 50.0 Å². The van der Waals surface area contributed by atoms with E-state index in [0.717, 1.165) is 28.8 Å². The molecule has 24 heavy (non-hydrogen) atoms. The fraction of sp³-hybridized carbons (Fsp3) is 0.600. The van der Waals surface area contributed by atoms with Crippen molar-refractivity contribution in [3.05, 3.63) is 21.9 Å². The van der Waals surface area contributed by atoms with Gasteiger partial charge < -0.3 is 14.8 Å². The highest BCUT2D eigenvalue weighted by molar-refractivity contribution is 7.99. The van der Waals surface area contributed by atoms with E-state index >= 15 is 0 Å². The van der Waals surface area contributed by atoms with E-state index in [1.807, 2.05) is 18.7 Å². The summed E-state index contributed by atoms with van der Waals surface area (Å²) < 4.78 is 1.86. The number of carbonyl (C=O) groups excluding carboxylic acids is 1. The van der Waals surface area contributed by atoms with Crippen LogP contribution in [0.1, 0.15) is 28.4 Å². The number of hydrogen-bond acceptors (Lipinski definition) is 6. The van der Waals surface area contributed by atoms with E-state index in [0.29, 0.717) is 13.1 Å². The van der Waals surface area contributed by atoms with Crippen LogP contribution in [0.15, 0.2) is 11.5 Å². The van der Waals surface area contributed by atoms with Gasteiger partial charge >= 0.3 is 6.03 Å². The summed E-state index contributed by atoms with van der Waals surface area (Å²) in [6.45, 7) is 1.16. The first kappa shape index (κ1) is 17.2. The van der Waals surface area contributed by atoms with Gasteiger partial charge in [-0.05, 0) is 25.7 Å². The summed E-state index contributed by atoms with van der Waals surface area (Å²) in [6.07, 6.45) is 6.38. The molecule has 1 aliphatic carbocycles. The van der Waals surface area contributed by atoms with Crippen molar-refractivity contribution < 1.29 is 4.79 Å². The molecule has 0 aromatic carbocycles. The molecule has 2 heterocycles. The maximum Gasteiger partial charge on any atom is 0.317 e. The van der Waals surface area contributed by atoms with Gasteiger partial charge in [0, 0.05) is 31.3 Å². The maximum atomic E-state index is 12.2. The number of thiazole rings is 1. The predicted octanol–water partition coefficient (Wildman–Crippen LogP) is 2.08. The topological polar surface area (TPSA) is 75.9 Å². The fourth-order valence-corrected chi connectivity index (χ4v) is 4.54. The Morgan fingerprint density at radius 2 is 2.29 bits per heavy atom. The van der Waals surface area contributed by atoms with Crippen LogP contribution >= 0.6 is 23.1 Å². The first-order chi connectivity index (χ1) is 11.6. The molecule has 0 fully saturated rings. The lowest BCUT2D eigenvalue weighted by Crippen LogP contribution is -2.37. The van der Waals surface area contributed by atoms with Gasteiger partial charge in [0.1, 0.15) is 11.3 Å². The number of amides is 2. The number of rotatable bonds is 6. The van der Waals surface area contributed by atoms with E-state index < -0.39 is 0 Å². The van der Waals surface area contributed by atoms with Crippen LogP contribution in [0.25, 0.3) is 0 Å². The van der Waals surface area contributed by atoms with Crippen molar-refractivity contribution >= 4 is 29.1 Å². The first-order valence-electron chi connectivity index (χ1n) is 8.06. The van der Waals surface area contributed by atoms with Crippen LogP contribution in [0.3, 0.4) is 0 Å². The van der Waals surface area contributed by atoms with Crippen molar-refractivity contribution in [1.29, 1.82) is 0 Å². The molecular formula is C15H22N6OS2. The second kappa shape index (κ2) is 7.98. The Balaban J connectivity index is 1.41. The first-order valence-corrected chi connectivity index (χ1v) is 9.87. The quantitative estimate of drug-likeness (QED) is 0.626. The van der Waals surface area contributed by atoms with E-state index in [2.05, 4.69) is 20.5 Å². The van der Waals surface area contributed by atoms with E-state index in [1.165, 1.54) is 23.4 Å². The highest BCUT2D eigenvalue weighted by Gasteiger charge is 2.17. The predicted molar refractivity (Wildman–Crippen MR) is 95.3 cm³/mol. The van der Waals surface area contributed by atoms with Crippen molar-refractivity contribution in [3.8, 4) is 0 Å². The third-order valence-corrected chi connectivity index (χ3v) is 6.07. The van der Waals surface area contributed by atoms with Gasteiger partial charge in [-0.1, -0.05) is 11.8 Å². The normalized spacial score (nSPS) is 13.6. The number of aryl methyl sites for hydroxylation is 3. The summed E-state index contributed by atoms with van der Waals surface area (Å²) in [5.41, 5.74) is 1.25. The number of carbonyl (C=O) groups is 1. The largest absolute Gasteiger partial charge is 0.337 e. The monoisotopic (exact) mass is 366 g/mol. The van der Waals surface area contributed by atoms with Crippen LogP contribution in [0.5, 0.6) is 0 Å². The standard InChI is InChI=1S/C15H22N6OS2/c1-20(9-13-18-11-5-3-4-6-12(11)24-13)14(22)16-7-8-23-15-19-17-10-21(15)2/h10H,3-9H2,1-2H3,(H,16,22). The molecular weight excluding hydrogens is 344 g/mol. The van der Waals surface area contributed by atoms with Crippen molar-refractivity contribution in [2.45, 2.75) is 37.4 Å². The zero-order valence-corrected chi connectivity index (χ0v) is 15.6. The molecule has 1 N–H and O–H groups in total. The third kappa shape index (κ3) is 4.27.